The predicted molar refractivity (Wildman–Crippen MR) is 104 cm³/mol. The molecule has 2 aromatic heterocycles. The molecule has 0 aromatic carbocycles. The van der Waals surface area contributed by atoms with Gasteiger partial charge in [0.25, 0.3) is 5.56 Å². The Balaban J connectivity index is 1.41. The SMILES string of the molecule is CCCc1nc2c(c(=O)[nH]1)CN(Cc1ccc(N3CCOCC3)nc1)CC2. The molecule has 1 N–H and O–H groups in total. The Kier molecular flexibility index (Phi) is 5.50. The Morgan fingerprint density at radius 2 is 2.07 bits per heavy atom. The van der Waals surface area contributed by atoms with E-state index in [1.807, 2.05) is 6.20 Å². The highest BCUT2D eigenvalue weighted by molar-refractivity contribution is 5.39. The van der Waals surface area contributed by atoms with Gasteiger partial charge >= 0.3 is 0 Å². The highest BCUT2D eigenvalue weighted by Crippen LogP contribution is 2.18. The minimum atomic E-state index is 0.0222. The zero-order chi connectivity index (χ0) is 18.6. The molecular formula is C20H27N5O2. The van der Waals surface area contributed by atoms with Crippen LogP contribution in [0.4, 0.5) is 5.82 Å². The molecule has 0 radical (unpaired) electrons. The van der Waals surface area contributed by atoms with Crippen LogP contribution in [0.2, 0.25) is 0 Å². The summed E-state index contributed by atoms with van der Waals surface area (Å²) in [6.07, 6.45) is 4.59. The van der Waals surface area contributed by atoms with E-state index in [2.05, 4.69) is 43.8 Å². The summed E-state index contributed by atoms with van der Waals surface area (Å²) in [5.41, 5.74) is 2.98. The fraction of sp³-hybridized carbons (Fsp3) is 0.550. The lowest BCUT2D eigenvalue weighted by molar-refractivity contribution is 0.122. The molecule has 0 saturated carbocycles. The van der Waals surface area contributed by atoms with Crippen molar-refractivity contribution in [1.29, 1.82) is 0 Å². The molecule has 4 rings (SSSR count). The Morgan fingerprint density at radius 1 is 1.22 bits per heavy atom. The summed E-state index contributed by atoms with van der Waals surface area (Å²) in [5.74, 6) is 1.83. The first-order valence-electron chi connectivity index (χ1n) is 9.84. The van der Waals surface area contributed by atoms with Crippen molar-refractivity contribution in [2.45, 2.75) is 39.3 Å². The van der Waals surface area contributed by atoms with E-state index in [1.54, 1.807) is 0 Å². The number of H-pyrrole nitrogens is 1. The fourth-order valence-corrected chi connectivity index (χ4v) is 3.77. The Hall–Kier alpha value is -2.25. The van der Waals surface area contributed by atoms with Crippen molar-refractivity contribution in [2.75, 3.05) is 37.7 Å². The van der Waals surface area contributed by atoms with E-state index >= 15 is 0 Å². The van der Waals surface area contributed by atoms with Gasteiger partial charge in [0, 0.05) is 51.8 Å². The number of hydrogen-bond acceptors (Lipinski definition) is 6. The quantitative estimate of drug-likeness (QED) is 0.861. The van der Waals surface area contributed by atoms with Gasteiger partial charge in [0.15, 0.2) is 0 Å². The third-order valence-corrected chi connectivity index (χ3v) is 5.23. The molecule has 0 amide bonds. The number of fused-ring (bicyclic) bond motifs is 1. The van der Waals surface area contributed by atoms with E-state index in [4.69, 9.17) is 4.74 Å². The van der Waals surface area contributed by atoms with Crippen LogP contribution >= 0.6 is 0 Å². The largest absolute Gasteiger partial charge is 0.378 e. The molecule has 2 aliphatic heterocycles. The molecule has 1 saturated heterocycles. The number of aromatic nitrogens is 3. The second kappa shape index (κ2) is 8.19. The molecule has 27 heavy (non-hydrogen) atoms. The first-order chi connectivity index (χ1) is 13.2. The number of nitrogens with zero attached hydrogens (tertiary/aromatic N) is 4. The van der Waals surface area contributed by atoms with Gasteiger partial charge in [0.2, 0.25) is 0 Å². The highest BCUT2D eigenvalue weighted by atomic mass is 16.5. The van der Waals surface area contributed by atoms with Crippen LogP contribution in [0.25, 0.3) is 0 Å². The maximum Gasteiger partial charge on any atom is 0.255 e. The Labute approximate surface area is 159 Å². The van der Waals surface area contributed by atoms with Gasteiger partial charge in [-0.3, -0.25) is 9.69 Å². The highest BCUT2D eigenvalue weighted by Gasteiger charge is 2.21. The molecule has 0 aliphatic carbocycles. The van der Waals surface area contributed by atoms with Crippen molar-refractivity contribution < 1.29 is 4.74 Å². The van der Waals surface area contributed by atoms with Gasteiger partial charge in [0.05, 0.1) is 24.5 Å². The fourth-order valence-electron chi connectivity index (χ4n) is 3.77. The zero-order valence-corrected chi connectivity index (χ0v) is 15.9. The molecule has 4 heterocycles. The lowest BCUT2D eigenvalue weighted by atomic mass is 10.1. The molecule has 7 heteroatoms. The van der Waals surface area contributed by atoms with E-state index in [0.717, 1.165) is 81.6 Å². The number of morpholine rings is 1. The van der Waals surface area contributed by atoms with E-state index in [0.29, 0.717) is 6.54 Å². The Morgan fingerprint density at radius 3 is 2.81 bits per heavy atom. The van der Waals surface area contributed by atoms with Crippen molar-refractivity contribution in [2.24, 2.45) is 0 Å². The third kappa shape index (κ3) is 4.20. The van der Waals surface area contributed by atoms with Crippen molar-refractivity contribution in [3.63, 3.8) is 0 Å². The predicted octanol–water partition coefficient (Wildman–Crippen LogP) is 1.51. The first kappa shape index (κ1) is 18.1. The number of aryl methyl sites for hydroxylation is 1. The van der Waals surface area contributed by atoms with Crippen LogP contribution < -0.4 is 10.5 Å². The number of aromatic amines is 1. The molecular weight excluding hydrogens is 342 g/mol. The van der Waals surface area contributed by atoms with Crippen LogP contribution in [-0.2, 0) is 30.7 Å². The van der Waals surface area contributed by atoms with Crippen LogP contribution in [0.5, 0.6) is 0 Å². The zero-order valence-electron chi connectivity index (χ0n) is 15.9. The van der Waals surface area contributed by atoms with Crippen LogP contribution in [0.15, 0.2) is 23.1 Å². The molecule has 1 fully saturated rings. The first-order valence-corrected chi connectivity index (χ1v) is 9.84. The van der Waals surface area contributed by atoms with Gasteiger partial charge in [-0.2, -0.15) is 0 Å². The van der Waals surface area contributed by atoms with Crippen molar-refractivity contribution in [3.05, 3.63) is 51.3 Å². The van der Waals surface area contributed by atoms with E-state index in [9.17, 15) is 4.79 Å². The van der Waals surface area contributed by atoms with Crippen LogP contribution in [0.3, 0.4) is 0 Å². The summed E-state index contributed by atoms with van der Waals surface area (Å²) in [4.78, 5) is 29.2. The summed E-state index contributed by atoms with van der Waals surface area (Å²) < 4.78 is 5.40. The molecule has 7 nitrogen and oxygen atoms in total. The lowest BCUT2D eigenvalue weighted by Gasteiger charge is -2.29. The van der Waals surface area contributed by atoms with Crippen LogP contribution in [-0.4, -0.2) is 52.7 Å². The van der Waals surface area contributed by atoms with E-state index in [-0.39, 0.29) is 5.56 Å². The molecule has 2 aliphatic rings. The lowest BCUT2D eigenvalue weighted by Crippen LogP contribution is -2.37. The second-order valence-corrected chi connectivity index (χ2v) is 7.27. The summed E-state index contributed by atoms with van der Waals surface area (Å²) >= 11 is 0. The molecule has 0 atom stereocenters. The number of hydrogen-bond donors (Lipinski definition) is 1. The van der Waals surface area contributed by atoms with Gasteiger partial charge in [-0.1, -0.05) is 13.0 Å². The molecule has 0 spiro atoms. The molecule has 2 aromatic rings. The normalized spacial score (nSPS) is 17.7. The van der Waals surface area contributed by atoms with Crippen molar-refractivity contribution in [3.8, 4) is 0 Å². The number of pyridine rings is 1. The number of nitrogens with one attached hydrogen (secondary N) is 1. The standard InChI is InChI=1S/C20H27N5O2/c1-2-3-18-22-17-6-7-24(14-16(17)20(26)23-18)13-15-4-5-19(21-12-15)25-8-10-27-11-9-25/h4-5,12H,2-3,6-11,13-14H2,1H3,(H,22,23,26). The maximum absolute atomic E-state index is 12.4. The average Bonchev–Trinajstić information content (AvgIpc) is 2.70. The minimum Gasteiger partial charge on any atom is -0.378 e. The monoisotopic (exact) mass is 369 g/mol. The summed E-state index contributed by atoms with van der Waals surface area (Å²) in [6.45, 7) is 7.77. The van der Waals surface area contributed by atoms with Gasteiger partial charge in [0.1, 0.15) is 11.6 Å². The smallest absolute Gasteiger partial charge is 0.255 e. The number of rotatable bonds is 5. The number of ether oxygens (including phenoxy) is 1. The van der Waals surface area contributed by atoms with E-state index < -0.39 is 0 Å². The summed E-state index contributed by atoms with van der Waals surface area (Å²) in [5, 5.41) is 0. The maximum atomic E-state index is 12.4. The van der Waals surface area contributed by atoms with Gasteiger partial charge in [-0.15, -0.1) is 0 Å². The van der Waals surface area contributed by atoms with Crippen molar-refractivity contribution in [1.82, 2.24) is 19.9 Å². The molecule has 0 unspecified atom stereocenters. The van der Waals surface area contributed by atoms with Gasteiger partial charge in [-0.05, 0) is 18.1 Å². The van der Waals surface area contributed by atoms with E-state index in [1.165, 1.54) is 5.56 Å². The molecule has 0 bridgehead atoms. The Bertz CT molecular complexity index is 827. The topological polar surface area (TPSA) is 74.4 Å². The summed E-state index contributed by atoms with van der Waals surface area (Å²) in [6, 6.07) is 4.23. The van der Waals surface area contributed by atoms with Crippen molar-refractivity contribution >= 4 is 5.82 Å². The van der Waals surface area contributed by atoms with Crippen LogP contribution in [0.1, 0.15) is 36.0 Å². The van der Waals surface area contributed by atoms with Gasteiger partial charge < -0.3 is 14.6 Å². The van der Waals surface area contributed by atoms with Gasteiger partial charge in [-0.25, -0.2) is 9.97 Å². The van der Waals surface area contributed by atoms with Crippen LogP contribution in [0, 0.1) is 0 Å². The number of anilines is 1. The molecule has 144 valence electrons. The summed E-state index contributed by atoms with van der Waals surface area (Å²) in [7, 11) is 0. The third-order valence-electron chi connectivity index (χ3n) is 5.23. The minimum absolute atomic E-state index is 0.0222. The average molecular weight is 369 g/mol. The second-order valence-electron chi connectivity index (χ2n) is 7.27.